The number of likely N-dealkylation sites (tertiary alicyclic amines) is 1. The molecule has 8 nitrogen and oxygen atoms in total. The minimum Gasteiger partial charge on any atom is -0.467 e. The van der Waals surface area contributed by atoms with Crippen molar-refractivity contribution in [1.82, 2.24) is 4.90 Å². The van der Waals surface area contributed by atoms with Gasteiger partial charge in [-0.25, -0.2) is 14.6 Å². The van der Waals surface area contributed by atoms with Crippen molar-refractivity contribution in [3.8, 4) is 0 Å². The van der Waals surface area contributed by atoms with Gasteiger partial charge in [-0.2, -0.15) is 8.78 Å². The van der Waals surface area contributed by atoms with Crippen LogP contribution in [0, 0.1) is 0 Å². The molecule has 1 unspecified atom stereocenters. The van der Waals surface area contributed by atoms with E-state index in [0.717, 1.165) is 0 Å². The number of anilines is 1. The highest BCUT2D eigenvalue weighted by molar-refractivity contribution is 6.05. The number of hydrogen-bond acceptors (Lipinski definition) is 7. The quantitative estimate of drug-likeness (QED) is 0.487. The molecule has 1 fully saturated rings. The lowest BCUT2D eigenvalue weighted by molar-refractivity contribution is -0.146. The maximum Gasteiger partial charge on any atom is 0.411 e. The lowest BCUT2D eigenvalue weighted by Gasteiger charge is -2.43. The smallest absolute Gasteiger partial charge is 0.411 e. The number of amides is 1. The second-order valence-corrected chi connectivity index (χ2v) is 9.87. The van der Waals surface area contributed by atoms with E-state index in [1.54, 1.807) is 52.0 Å². The molecule has 2 aliphatic heterocycles. The molecule has 1 aromatic rings. The summed E-state index contributed by atoms with van der Waals surface area (Å²) in [5.74, 6) is -4.15. The molecule has 0 bridgehead atoms. The number of methoxy groups -OCH3 is 1. The molecule has 10 heteroatoms. The number of rotatable bonds is 5. The van der Waals surface area contributed by atoms with Crippen molar-refractivity contribution >= 4 is 29.1 Å². The summed E-state index contributed by atoms with van der Waals surface area (Å²) < 4.78 is 46.5. The summed E-state index contributed by atoms with van der Waals surface area (Å²) in [5.41, 5.74) is -3.54. The Labute approximate surface area is 197 Å². The van der Waals surface area contributed by atoms with Gasteiger partial charge in [0.15, 0.2) is 5.72 Å². The van der Waals surface area contributed by atoms with Gasteiger partial charge in [0.25, 0.3) is 0 Å². The SMILES string of the molecule is C=CC(F)(F)C1=Nc2ccccc2NC1(C)O[C@]1(C)C[C@@H](C(=O)OC)N(C(=O)OC(C)(C)C)C1. The number of nitrogens with one attached hydrogen (secondary N) is 1. The molecule has 2 heterocycles. The Kier molecular flexibility index (Phi) is 6.51. The standard InChI is InChI=1S/C24H31F2N3O5/c1-8-24(25,26)19-23(6,28-16-12-10-9-11-15(16)27-19)34-22(5)13-17(18(30)32-7)29(14-22)20(31)33-21(2,3)4/h8-12,17,28H,1,13-14H2,2-7H3/t17-,22+,23?/m0/s1. The fourth-order valence-electron chi connectivity index (χ4n) is 4.26. The Bertz CT molecular complexity index is 1020. The molecule has 0 radical (unpaired) electrons. The number of benzene rings is 1. The van der Waals surface area contributed by atoms with Crippen LogP contribution in [0.1, 0.15) is 41.0 Å². The van der Waals surface area contributed by atoms with Crippen molar-refractivity contribution in [2.75, 3.05) is 19.0 Å². The van der Waals surface area contributed by atoms with E-state index in [0.29, 0.717) is 17.5 Å². The molecule has 1 saturated heterocycles. The largest absolute Gasteiger partial charge is 0.467 e. The highest BCUT2D eigenvalue weighted by Gasteiger charge is 2.56. The van der Waals surface area contributed by atoms with Crippen LogP contribution in [-0.4, -0.2) is 65.2 Å². The zero-order chi connectivity index (χ0) is 25.5. The number of fused-ring (bicyclic) bond motifs is 1. The number of alkyl halides is 2. The van der Waals surface area contributed by atoms with Crippen LogP contribution >= 0.6 is 0 Å². The average Bonchev–Trinajstić information content (AvgIpc) is 3.08. The third-order valence-corrected chi connectivity index (χ3v) is 5.59. The van der Waals surface area contributed by atoms with E-state index in [9.17, 15) is 18.4 Å². The zero-order valence-electron chi connectivity index (χ0n) is 20.3. The van der Waals surface area contributed by atoms with Gasteiger partial charge in [-0.3, -0.25) is 4.90 Å². The van der Waals surface area contributed by atoms with Crippen molar-refractivity contribution in [1.29, 1.82) is 0 Å². The highest BCUT2D eigenvalue weighted by Crippen LogP contribution is 2.43. The summed E-state index contributed by atoms with van der Waals surface area (Å²) in [6, 6.07) is 5.73. The molecule has 1 N–H and O–H groups in total. The number of halogens is 2. The topological polar surface area (TPSA) is 89.5 Å². The molecule has 3 rings (SSSR count). The predicted octanol–water partition coefficient (Wildman–Crippen LogP) is 4.68. The number of aliphatic imine (C=N–C) groups is 1. The van der Waals surface area contributed by atoms with Crippen LogP contribution in [0.2, 0.25) is 0 Å². The van der Waals surface area contributed by atoms with Crippen molar-refractivity contribution in [2.24, 2.45) is 4.99 Å². The van der Waals surface area contributed by atoms with Crippen LogP contribution in [0.4, 0.5) is 25.0 Å². The van der Waals surface area contributed by atoms with E-state index >= 15 is 0 Å². The lowest BCUT2D eigenvalue weighted by Crippen LogP contribution is -2.58. The number of carbonyl (C=O) groups excluding carboxylic acids is 2. The second kappa shape index (κ2) is 8.65. The fourth-order valence-corrected chi connectivity index (χ4v) is 4.26. The summed E-state index contributed by atoms with van der Waals surface area (Å²) in [4.78, 5) is 30.7. The van der Waals surface area contributed by atoms with Gasteiger partial charge in [0.2, 0.25) is 0 Å². The molecule has 0 aromatic heterocycles. The first-order valence-corrected chi connectivity index (χ1v) is 10.9. The fraction of sp³-hybridized carbons (Fsp3) is 0.542. The molecule has 3 atom stereocenters. The van der Waals surface area contributed by atoms with E-state index < -0.39 is 46.7 Å². The number of ether oxygens (including phenoxy) is 3. The van der Waals surface area contributed by atoms with Crippen molar-refractivity contribution in [3.63, 3.8) is 0 Å². The number of para-hydroxylation sites is 2. The van der Waals surface area contributed by atoms with Gasteiger partial charge < -0.3 is 19.5 Å². The Morgan fingerprint density at radius 1 is 1.26 bits per heavy atom. The van der Waals surface area contributed by atoms with E-state index in [4.69, 9.17) is 14.2 Å². The normalized spacial score (nSPS) is 26.8. The minimum atomic E-state index is -3.49. The molecule has 1 aromatic carbocycles. The van der Waals surface area contributed by atoms with Crippen LogP contribution in [0.25, 0.3) is 0 Å². The Balaban J connectivity index is 1.98. The molecular formula is C24H31F2N3O5. The van der Waals surface area contributed by atoms with Crippen molar-refractivity contribution in [3.05, 3.63) is 36.9 Å². The number of carbonyl (C=O) groups is 2. The molecule has 2 aliphatic rings. The van der Waals surface area contributed by atoms with Gasteiger partial charge in [0.1, 0.15) is 17.4 Å². The maximum atomic E-state index is 14.9. The van der Waals surface area contributed by atoms with Gasteiger partial charge in [0, 0.05) is 6.42 Å². The number of nitrogens with zero attached hydrogens (tertiary/aromatic N) is 2. The molecule has 0 saturated carbocycles. The summed E-state index contributed by atoms with van der Waals surface area (Å²) in [7, 11) is 1.21. The first kappa shape index (κ1) is 25.6. The monoisotopic (exact) mass is 479 g/mol. The molecule has 34 heavy (non-hydrogen) atoms. The lowest BCUT2D eigenvalue weighted by atomic mass is 9.96. The van der Waals surface area contributed by atoms with Crippen LogP contribution in [-0.2, 0) is 19.0 Å². The summed E-state index contributed by atoms with van der Waals surface area (Å²) in [6.45, 7) is 11.3. The van der Waals surface area contributed by atoms with Crippen molar-refractivity contribution in [2.45, 2.75) is 69.9 Å². The third kappa shape index (κ3) is 5.06. The minimum absolute atomic E-state index is 0.00474. The first-order valence-electron chi connectivity index (χ1n) is 10.9. The molecule has 186 valence electrons. The van der Waals surface area contributed by atoms with Gasteiger partial charge in [0.05, 0.1) is 30.6 Å². The van der Waals surface area contributed by atoms with Crippen LogP contribution in [0.15, 0.2) is 41.9 Å². The summed E-state index contributed by atoms with van der Waals surface area (Å²) in [5, 5.41) is 3.02. The number of hydrogen-bond donors (Lipinski definition) is 1. The molecule has 0 spiro atoms. The van der Waals surface area contributed by atoms with Crippen LogP contribution in [0.3, 0.4) is 0 Å². The Hall–Kier alpha value is -3.01. The molecule has 0 aliphatic carbocycles. The molecule has 1 amide bonds. The predicted molar refractivity (Wildman–Crippen MR) is 124 cm³/mol. The molecular weight excluding hydrogens is 448 g/mol. The van der Waals surface area contributed by atoms with Gasteiger partial charge in [-0.1, -0.05) is 18.7 Å². The maximum absolute atomic E-state index is 14.9. The highest BCUT2D eigenvalue weighted by atomic mass is 19.3. The zero-order valence-corrected chi connectivity index (χ0v) is 20.3. The number of esters is 1. The van der Waals surface area contributed by atoms with E-state index in [1.807, 2.05) is 0 Å². The van der Waals surface area contributed by atoms with E-state index in [-0.39, 0.29) is 13.0 Å². The average molecular weight is 480 g/mol. The van der Waals surface area contributed by atoms with Crippen molar-refractivity contribution < 1.29 is 32.6 Å². The van der Waals surface area contributed by atoms with E-state index in [2.05, 4.69) is 16.9 Å². The van der Waals surface area contributed by atoms with Gasteiger partial charge in [-0.05, 0) is 52.8 Å². The Morgan fingerprint density at radius 3 is 2.50 bits per heavy atom. The number of allylic oxidation sites excluding steroid dienone is 1. The van der Waals surface area contributed by atoms with Gasteiger partial charge in [-0.15, -0.1) is 0 Å². The van der Waals surface area contributed by atoms with Crippen LogP contribution in [0.5, 0.6) is 0 Å². The summed E-state index contributed by atoms with van der Waals surface area (Å²) in [6.07, 6.45) is -0.220. The first-order chi connectivity index (χ1) is 15.6. The van der Waals surface area contributed by atoms with Gasteiger partial charge >= 0.3 is 18.0 Å². The van der Waals surface area contributed by atoms with Crippen LogP contribution < -0.4 is 5.32 Å². The van der Waals surface area contributed by atoms with E-state index in [1.165, 1.54) is 18.9 Å². The summed E-state index contributed by atoms with van der Waals surface area (Å²) >= 11 is 0. The third-order valence-electron chi connectivity index (χ3n) is 5.59. The second-order valence-electron chi connectivity index (χ2n) is 9.87. The Morgan fingerprint density at radius 2 is 1.91 bits per heavy atom.